The number of halogens is 1. The molecule has 1 aromatic rings. The third kappa shape index (κ3) is 1.96. The number of hydrogen-bond donors (Lipinski definition) is 1. The van der Waals surface area contributed by atoms with Gasteiger partial charge in [-0.2, -0.15) is 0 Å². The molecule has 1 N–H and O–H groups in total. The van der Waals surface area contributed by atoms with Crippen molar-refractivity contribution in [2.75, 3.05) is 0 Å². The van der Waals surface area contributed by atoms with Crippen molar-refractivity contribution in [1.29, 1.82) is 0 Å². The second-order valence-electron chi connectivity index (χ2n) is 3.02. The highest BCUT2D eigenvalue weighted by Gasteiger charge is 2.06. The molecule has 0 saturated carbocycles. The summed E-state index contributed by atoms with van der Waals surface area (Å²) in [6, 6.07) is 1.80. The Morgan fingerprint density at radius 2 is 2.25 bits per heavy atom. The van der Waals surface area contributed by atoms with E-state index in [0.717, 1.165) is 11.1 Å². The Bertz CT molecular complexity index is 273. The largest absolute Gasteiger partial charge is 0.392 e. The molecular formula is C9H12ClNO. The van der Waals surface area contributed by atoms with E-state index in [0.29, 0.717) is 11.1 Å². The van der Waals surface area contributed by atoms with E-state index in [9.17, 15) is 0 Å². The van der Waals surface area contributed by atoms with Crippen molar-refractivity contribution in [3.63, 3.8) is 0 Å². The number of hydrogen-bond acceptors (Lipinski definition) is 2. The summed E-state index contributed by atoms with van der Waals surface area (Å²) >= 11 is 5.73. The van der Waals surface area contributed by atoms with Crippen LogP contribution in [0.15, 0.2) is 12.3 Å². The van der Waals surface area contributed by atoms with Crippen molar-refractivity contribution >= 4 is 11.6 Å². The second-order valence-corrected chi connectivity index (χ2v) is 3.41. The van der Waals surface area contributed by atoms with Gasteiger partial charge in [-0.1, -0.05) is 25.4 Å². The molecular weight excluding hydrogens is 174 g/mol. The monoisotopic (exact) mass is 185 g/mol. The zero-order valence-electron chi connectivity index (χ0n) is 7.21. The van der Waals surface area contributed by atoms with Crippen molar-refractivity contribution in [2.45, 2.75) is 26.4 Å². The minimum Gasteiger partial charge on any atom is -0.392 e. The molecule has 0 atom stereocenters. The summed E-state index contributed by atoms with van der Waals surface area (Å²) in [6.07, 6.45) is 1.62. The van der Waals surface area contributed by atoms with Gasteiger partial charge in [0.2, 0.25) is 0 Å². The van der Waals surface area contributed by atoms with Gasteiger partial charge in [-0.25, -0.2) is 4.98 Å². The first-order chi connectivity index (χ1) is 5.65. The number of pyridine rings is 1. The summed E-state index contributed by atoms with van der Waals surface area (Å²) < 4.78 is 0. The maximum Gasteiger partial charge on any atom is 0.129 e. The molecule has 0 aliphatic rings. The van der Waals surface area contributed by atoms with Gasteiger partial charge in [-0.15, -0.1) is 0 Å². The minimum atomic E-state index is 0.0255. The number of aromatic nitrogens is 1. The molecule has 1 rings (SSSR count). The number of rotatable bonds is 2. The fourth-order valence-corrected chi connectivity index (χ4v) is 1.31. The van der Waals surface area contributed by atoms with Crippen LogP contribution in [-0.2, 0) is 6.61 Å². The van der Waals surface area contributed by atoms with Crippen LogP contribution in [0.5, 0.6) is 0 Å². The van der Waals surface area contributed by atoms with E-state index in [1.807, 2.05) is 0 Å². The summed E-state index contributed by atoms with van der Waals surface area (Å²) in [5.41, 5.74) is 1.92. The fraction of sp³-hybridized carbons (Fsp3) is 0.444. The molecule has 0 aliphatic carbocycles. The molecule has 1 heterocycles. The lowest BCUT2D eigenvalue weighted by atomic mass is 10.00. The molecule has 0 radical (unpaired) electrons. The van der Waals surface area contributed by atoms with E-state index in [4.69, 9.17) is 16.7 Å². The average molecular weight is 186 g/mol. The van der Waals surface area contributed by atoms with Gasteiger partial charge in [-0.05, 0) is 23.1 Å². The van der Waals surface area contributed by atoms with Crippen LogP contribution < -0.4 is 0 Å². The zero-order valence-corrected chi connectivity index (χ0v) is 7.97. The maximum absolute atomic E-state index is 8.98. The lowest BCUT2D eigenvalue weighted by Gasteiger charge is -2.09. The summed E-state index contributed by atoms with van der Waals surface area (Å²) in [7, 11) is 0. The number of nitrogens with zero attached hydrogens (tertiary/aromatic N) is 1. The molecule has 3 heteroatoms. The predicted molar refractivity (Wildman–Crippen MR) is 49.3 cm³/mol. The second kappa shape index (κ2) is 3.87. The molecule has 1 aromatic heterocycles. The molecule has 0 fully saturated rings. The lowest BCUT2D eigenvalue weighted by molar-refractivity contribution is 0.279. The Kier molecular flexibility index (Phi) is 3.06. The van der Waals surface area contributed by atoms with Crippen molar-refractivity contribution < 1.29 is 5.11 Å². The third-order valence-electron chi connectivity index (χ3n) is 1.78. The molecule has 0 unspecified atom stereocenters. The molecule has 0 amide bonds. The molecule has 0 aromatic carbocycles. The smallest absolute Gasteiger partial charge is 0.129 e. The van der Waals surface area contributed by atoms with Crippen molar-refractivity contribution in [2.24, 2.45) is 0 Å². The molecule has 12 heavy (non-hydrogen) atoms. The first kappa shape index (κ1) is 9.49. The summed E-state index contributed by atoms with van der Waals surface area (Å²) in [6.45, 7) is 4.15. The third-order valence-corrected chi connectivity index (χ3v) is 1.99. The predicted octanol–water partition coefficient (Wildman–Crippen LogP) is 2.35. The number of aliphatic hydroxyl groups is 1. The Morgan fingerprint density at radius 1 is 1.58 bits per heavy atom. The normalized spacial score (nSPS) is 10.8. The molecule has 2 nitrogen and oxygen atoms in total. The van der Waals surface area contributed by atoms with Gasteiger partial charge in [0.25, 0.3) is 0 Å². The highest BCUT2D eigenvalue weighted by molar-refractivity contribution is 6.29. The molecule has 0 saturated heterocycles. The SMILES string of the molecule is CC(C)c1cc(Cl)ncc1CO. The lowest BCUT2D eigenvalue weighted by Crippen LogP contribution is -1.97. The Balaban J connectivity index is 3.12. The van der Waals surface area contributed by atoms with Crippen LogP contribution in [-0.4, -0.2) is 10.1 Å². The van der Waals surface area contributed by atoms with E-state index < -0.39 is 0 Å². The van der Waals surface area contributed by atoms with Crippen LogP contribution in [0.4, 0.5) is 0 Å². The quantitative estimate of drug-likeness (QED) is 0.718. The van der Waals surface area contributed by atoms with Crippen LogP contribution in [0.25, 0.3) is 0 Å². The molecule has 66 valence electrons. The number of aliphatic hydroxyl groups excluding tert-OH is 1. The Hall–Kier alpha value is -0.600. The van der Waals surface area contributed by atoms with E-state index in [1.54, 1.807) is 12.3 Å². The molecule has 0 spiro atoms. The van der Waals surface area contributed by atoms with E-state index in [1.165, 1.54) is 0 Å². The Labute approximate surface area is 77.2 Å². The minimum absolute atomic E-state index is 0.0255. The molecule has 0 aliphatic heterocycles. The van der Waals surface area contributed by atoms with Gasteiger partial charge in [0.1, 0.15) is 5.15 Å². The topological polar surface area (TPSA) is 33.1 Å². The fourth-order valence-electron chi connectivity index (χ4n) is 1.14. The van der Waals surface area contributed by atoms with Crippen LogP contribution in [0, 0.1) is 0 Å². The van der Waals surface area contributed by atoms with Crippen molar-refractivity contribution in [1.82, 2.24) is 4.98 Å². The average Bonchev–Trinajstić information content (AvgIpc) is 2.04. The maximum atomic E-state index is 8.98. The first-order valence-corrected chi connectivity index (χ1v) is 4.28. The van der Waals surface area contributed by atoms with E-state index in [2.05, 4.69) is 18.8 Å². The van der Waals surface area contributed by atoms with Crippen LogP contribution >= 0.6 is 11.6 Å². The van der Waals surface area contributed by atoms with Crippen molar-refractivity contribution in [3.05, 3.63) is 28.5 Å². The van der Waals surface area contributed by atoms with Gasteiger partial charge >= 0.3 is 0 Å². The first-order valence-electron chi connectivity index (χ1n) is 3.90. The van der Waals surface area contributed by atoms with Crippen LogP contribution in [0.1, 0.15) is 30.9 Å². The summed E-state index contributed by atoms with van der Waals surface area (Å²) in [5, 5.41) is 9.46. The van der Waals surface area contributed by atoms with Gasteiger partial charge in [-0.3, -0.25) is 0 Å². The Morgan fingerprint density at radius 3 is 2.75 bits per heavy atom. The van der Waals surface area contributed by atoms with E-state index >= 15 is 0 Å². The highest BCUT2D eigenvalue weighted by Crippen LogP contribution is 2.21. The summed E-state index contributed by atoms with van der Waals surface area (Å²) in [5.74, 6) is 0.368. The van der Waals surface area contributed by atoms with Crippen LogP contribution in [0.2, 0.25) is 5.15 Å². The van der Waals surface area contributed by atoms with Crippen molar-refractivity contribution in [3.8, 4) is 0 Å². The summed E-state index contributed by atoms with van der Waals surface area (Å²) in [4.78, 5) is 3.90. The zero-order chi connectivity index (χ0) is 9.14. The standard InChI is InChI=1S/C9H12ClNO/c1-6(2)8-3-9(10)11-4-7(8)5-12/h3-4,6,12H,5H2,1-2H3. The van der Waals surface area contributed by atoms with Gasteiger partial charge in [0, 0.05) is 6.20 Å². The highest BCUT2D eigenvalue weighted by atomic mass is 35.5. The van der Waals surface area contributed by atoms with Gasteiger partial charge in [0.05, 0.1) is 6.61 Å². The molecule has 0 bridgehead atoms. The van der Waals surface area contributed by atoms with E-state index in [-0.39, 0.29) is 6.61 Å². The van der Waals surface area contributed by atoms with Gasteiger partial charge in [0.15, 0.2) is 0 Å². The van der Waals surface area contributed by atoms with Crippen LogP contribution in [0.3, 0.4) is 0 Å². The van der Waals surface area contributed by atoms with Gasteiger partial charge < -0.3 is 5.11 Å².